The zero-order chi connectivity index (χ0) is 11.0. The number of nitrogens with two attached hydrogens (primary N) is 1. The monoisotopic (exact) mass is 227 g/mol. The van der Waals surface area contributed by atoms with Gasteiger partial charge in [0.1, 0.15) is 0 Å². The molecule has 16 heavy (non-hydrogen) atoms. The number of nitrogens with zero attached hydrogens (tertiary/aromatic N) is 2. The summed E-state index contributed by atoms with van der Waals surface area (Å²) < 4.78 is 0. The van der Waals surface area contributed by atoms with Crippen LogP contribution in [0, 0.1) is 0 Å². The van der Waals surface area contributed by atoms with Crippen molar-refractivity contribution in [1.29, 1.82) is 0 Å². The Morgan fingerprint density at radius 2 is 2.12 bits per heavy atom. The quantitative estimate of drug-likeness (QED) is 0.695. The van der Waals surface area contributed by atoms with Crippen molar-refractivity contribution >= 4 is 27.4 Å². The van der Waals surface area contributed by atoms with Gasteiger partial charge in [-0.15, -0.1) is 11.3 Å². The van der Waals surface area contributed by atoms with Gasteiger partial charge in [-0.3, -0.25) is 4.98 Å². The summed E-state index contributed by atoms with van der Waals surface area (Å²) in [7, 11) is 0. The fraction of sp³-hybridized carbons (Fsp3) is 0. The summed E-state index contributed by atoms with van der Waals surface area (Å²) in [4.78, 5) is 8.54. The predicted molar refractivity (Wildman–Crippen MR) is 67.3 cm³/mol. The lowest BCUT2D eigenvalue weighted by molar-refractivity contribution is 1.39. The minimum absolute atomic E-state index is 0.598. The topological polar surface area (TPSA) is 51.8 Å². The maximum absolute atomic E-state index is 5.62. The lowest BCUT2D eigenvalue weighted by atomic mass is 10.1. The van der Waals surface area contributed by atoms with Crippen molar-refractivity contribution in [1.82, 2.24) is 9.97 Å². The van der Waals surface area contributed by atoms with E-state index in [0.29, 0.717) is 5.13 Å². The molecule has 0 amide bonds. The maximum atomic E-state index is 5.62. The van der Waals surface area contributed by atoms with E-state index >= 15 is 0 Å². The van der Waals surface area contributed by atoms with E-state index in [9.17, 15) is 0 Å². The number of rotatable bonds is 1. The van der Waals surface area contributed by atoms with Crippen LogP contribution in [0.5, 0.6) is 0 Å². The van der Waals surface area contributed by atoms with Crippen LogP contribution in [0.25, 0.3) is 22.2 Å². The van der Waals surface area contributed by atoms with Gasteiger partial charge < -0.3 is 5.73 Å². The molecule has 3 rings (SSSR count). The summed E-state index contributed by atoms with van der Waals surface area (Å²) >= 11 is 1.46. The SMILES string of the molecule is Nc1nc(-c2ccc3ncccc3c2)cs1. The van der Waals surface area contributed by atoms with E-state index in [1.807, 2.05) is 29.6 Å². The second-order valence-electron chi connectivity index (χ2n) is 3.48. The van der Waals surface area contributed by atoms with Crippen molar-refractivity contribution in [2.75, 3.05) is 5.73 Å². The first kappa shape index (κ1) is 9.30. The highest BCUT2D eigenvalue weighted by Gasteiger charge is 2.03. The van der Waals surface area contributed by atoms with E-state index in [1.165, 1.54) is 11.3 Å². The molecule has 3 aromatic rings. The van der Waals surface area contributed by atoms with Crippen LogP contribution in [0.4, 0.5) is 5.13 Å². The van der Waals surface area contributed by atoms with Crippen LogP contribution in [-0.4, -0.2) is 9.97 Å². The third-order valence-electron chi connectivity index (χ3n) is 2.42. The summed E-state index contributed by atoms with van der Waals surface area (Å²) in [6.07, 6.45) is 1.79. The Morgan fingerprint density at radius 1 is 1.19 bits per heavy atom. The first-order valence-electron chi connectivity index (χ1n) is 4.89. The van der Waals surface area contributed by atoms with Crippen LogP contribution < -0.4 is 5.73 Å². The van der Waals surface area contributed by atoms with Crippen molar-refractivity contribution in [2.45, 2.75) is 0 Å². The van der Waals surface area contributed by atoms with Gasteiger partial charge in [-0.1, -0.05) is 12.1 Å². The van der Waals surface area contributed by atoms with Crippen LogP contribution in [0.2, 0.25) is 0 Å². The molecule has 0 fully saturated rings. The number of nitrogen functional groups attached to an aromatic ring is 1. The fourth-order valence-electron chi connectivity index (χ4n) is 1.66. The first-order valence-corrected chi connectivity index (χ1v) is 5.77. The molecular weight excluding hydrogens is 218 g/mol. The number of hydrogen-bond acceptors (Lipinski definition) is 4. The lowest BCUT2D eigenvalue weighted by Gasteiger charge is -1.99. The normalized spacial score (nSPS) is 10.8. The van der Waals surface area contributed by atoms with E-state index in [1.54, 1.807) is 6.20 Å². The molecular formula is C12H9N3S. The molecule has 0 radical (unpaired) electrons. The van der Waals surface area contributed by atoms with Crippen molar-refractivity contribution in [3.05, 3.63) is 41.9 Å². The maximum Gasteiger partial charge on any atom is 0.180 e. The highest BCUT2D eigenvalue weighted by atomic mass is 32.1. The molecule has 1 aromatic carbocycles. The highest BCUT2D eigenvalue weighted by Crippen LogP contribution is 2.25. The largest absolute Gasteiger partial charge is 0.375 e. The minimum Gasteiger partial charge on any atom is -0.375 e. The molecule has 2 aromatic heterocycles. The molecule has 0 unspecified atom stereocenters. The molecule has 0 bridgehead atoms. The Kier molecular flexibility index (Phi) is 2.08. The number of pyridine rings is 1. The molecule has 0 aliphatic heterocycles. The zero-order valence-corrected chi connectivity index (χ0v) is 9.24. The number of thiazole rings is 1. The van der Waals surface area contributed by atoms with Gasteiger partial charge in [0, 0.05) is 22.5 Å². The van der Waals surface area contributed by atoms with Crippen LogP contribution in [0.1, 0.15) is 0 Å². The fourth-order valence-corrected chi connectivity index (χ4v) is 2.23. The van der Waals surface area contributed by atoms with Gasteiger partial charge in [-0.2, -0.15) is 0 Å². The Balaban J connectivity index is 2.18. The van der Waals surface area contributed by atoms with Gasteiger partial charge in [0.05, 0.1) is 11.2 Å². The molecule has 0 aliphatic rings. The number of anilines is 1. The summed E-state index contributed by atoms with van der Waals surface area (Å²) in [6.45, 7) is 0. The lowest BCUT2D eigenvalue weighted by Crippen LogP contribution is -1.84. The molecule has 78 valence electrons. The third kappa shape index (κ3) is 1.53. The van der Waals surface area contributed by atoms with Gasteiger partial charge in [-0.05, 0) is 18.2 Å². The average molecular weight is 227 g/mol. The molecule has 0 saturated carbocycles. The minimum atomic E-state index is 0.598. The molecule has 0 spiro atoms. The Bertz CT molecular complexity index is 645. The molecule has 4 heteroatoms. The molecule has 0 atom stereocenters. The van der Waals surface area contributed by atoms with Crippen molar-refractivity contribution in [3.8, 4) is 11.3 Å². The van der Waals surface area contributed by atoms with Crippen LogP contribution in [-0.2, 0) is 0 Å². The smallest absolute Gasteiger partial charge is 0.180 e. The van der Waals surface area contributed by atoms with Crippen LogP contribution in [0.15, 0.2) is 41.9 Å². The second kappa shape index (κ2) is 3.57. The van der Waals surface area contributed by atoms with Gasteiger partial charge in [0.25, 0.3) is 0 Å². The second-order valence-corrected chi connectivity index (χ2v) is 4.37. The average Bonchev–Trinajstić information content (AvgIpc) is 2.75. The zero-order valence-electron chi connectivity index (χ0n) is 8.42. The van der Waals surface area contributed by atoms with Crippen molar-refractivity contribution in [3.63, 3.8) is 0 Å². The van der Waals surface area contributed by atoms with Gasteiger partial charge in [0.15, 0.2) is 5.13 Å². The standard InChI is InChI=1S/C12H9N3S/c13-12-15-11(7-16-12)9-3-4-10-8(6-9)2-1-5-14-10/h1-7H,(H2,13,15). The summed E-state index contributed by atoms with van der Waals surface area (Å²) in [5, 5.41) is 3.68. The van der Waals surface area contributed by atoms with E-state index in [0.717, 1.165) is 22.2 Å². The van der Waals surface area contributed by atoms with Crippen molar-refractivity contribution < 1.29 is 0 Å². The number of aromatic nitrogens is 2. The number of fused-ring (bicyclic) bond motifs is 1. The Labute approximate surface area is 96.6 Å². The van der Waals surface area contributed by atoms with E-state index in [4.69, 9.17) is 5.73 Å². The van der Waals surface area contributed by atoms with Gasteiger partial charge >= 0.3 is 0 Å². The summed E-state index contributed by atoms with van der Waals surface area (Å²) in [6, 6.07) is 10.1. The highest BCUT2D eigenvalue weighted by molar-refractivity contribution is 7.13. The van der Waals surface area contributed by atoms with Gasteiger partial charge in [0.2, 0.25) is 0 Å². The molecule has 2 N–H and O–H groups in total. The summed E-state index contributed by atoms with van der Waals surface area (Å²) in [5.74, 6) is 0. The van der Waals surface area contributed by atoms with Crippen LogP contribution >= 0.6 is 11.3 Å². The Morgan fingerprint density at radius 3 is 2.94 bits per heavy atom. The third-order valence-corrected chi connectivity index (χ3v) is 3.09. The van der Waals surface area contributed by atoms with E-state index in [2.05, 4.69) is 16.0 Å². The number of hydrogen-bond donors (Lipinski definition) is 1. The van der Waals surface area contributed by atoms with Gasteiger partial charge in [-0.25, -0.2) is 4.98 Å². The van der Waals surface area contributed by atoms with E-state index in [-0.39, 0.29) is 0 Å². The first-order chi connectivity index (χ1) is 7.83. The molecule has 2 heterocycles. The summed E-state index contributed by atoms with van der Waals surface area (Å²) in [5.41, 5.74) is 8.62. The molecule has 3 nitrogen and oxygen atoms in total. The van der Waals surface area contributed by atoms with Crippen molar-refractivity contribution in [2.24, 2.45) is 0 Å². The number of benzene rings is 1. The molecule has 0 saturated heterocycles. The Hall–Kier alpha value is -1.94. The van der Waals surface area contributed by atoms with E-state index < -0.39 is 0 Å². The predicted octanol–water partition coefficient (Wildman–Crippen LogP) is 2.94. The molecule has 0 aliphatic carbocycles. The van der Waals surface area contributed by atoms with Crippen LogP contribution in [0.3, 0.4) is 0 Å².